The maximum atomic E-state index is 6.37. The van der Waals surface area contributed by atoms with Gasteiger partial charge in [-0.25, -0.2) is 4.98 Å². The summed E-state index contributed by atoms with van der Waals surface area (Å²) in [5.74, 6) is 3.59. The molecule has 0 saturated heterocycles. The van der Waals surface area contributed by atoms with Crippen LogP contribution in [0.2, 0.25) is 0 Å². The molecule has 3 rings (SSSR count). The fourth-order valence-corrected chi connectivity index (χ4v) is 2.83. The first-order valence-corrected chi connectivity index (χ1v) is 8.82. The van der Waals surface area contributed by atoms with Gasteiger partial charge in [0.15, 0.2) is 28.8 Å². The Morgan fingerprint density at radius 3 is 2.29 bits per heavy atom. The van der Waals surface area contributed by atoms with Crippen LogP contribution < -0.4 is 24.7 Å². The highest BCUT2D eigenvalue weighted by atomic mass is 16.5. The first-order chi connectivity index (χ1) is 13.6. The molecule has 1 unspecified atom stereocenters. The molecule has 8 nitrogen and oxygen atoms in total. The number of nitrogens with two attached hydrogens (primary N) is 1. The second kappa shape index (κ2) is 8.62. The van der Waals surface area contributed by atoms with E-state index in [1.54, 1.807) is 21.3 Å². The lowest BCUT2D eigenvalue weighted by Gasteiger charge is -2.13. The standard InChI is InChI=1S/C20H24N4O4/c1-5-28-17-11-13(7-9-15(17)26-3)19-22-20(24-23-19)18(21)12-6-8-14(25-2)16(10-12)27-4/h6-11,18H,5,21H2,1-4H3,(H,22,23,24). The number of nitrogens with zero attached hydrogens (tertiary/aromatic N) is 2. The van der Waals surface area contributed by atoms with Gasteiger partial charge >= 0.3 is 0 Å². The smallest absolute Gasteiger partial charge is 0.181 e. The quantitative estimate of drug-likeness (QED) is 0.615. The molecule has 1 aromatic heterocycles. The molecule has 0 bridgehead atoms. The van der Waals surface area contributed by atoms with E-state index < -0.39 is 6.04 Å². The third-order valence-corrected chi connectivity index (χ3v) is 4.29. The molecule has 148 valence electrons. The van der Waals surface area contributed by atoms with Crippen molar-refractivity contribution < 1.29 is 18.9 Å². The third kappa shape index (κ3) is 3.86. The molecule has 1 heterocycles. The molecular weight excluding hydrogens is 360 g/mol. The summed E-state index contributed by atoms with van der Waals surface area (Å²) >= 11 is 0. The molecule has 28 heavy (non-hydrogen) atoms. The Labute approximate surface area is 163 Å². The number of hydrogen-bond acceptors (Lipinski definition) is 7. The molecule has 3 aromatic rings. The number of ether oxygens (including phenoxy) is 4. The fourth-order valence-electron chi connectivity index (χ4n) is 2.83. The van der Waals surface area contributed by atoms with E-state index in [-0.39, 0.29) is 0 Å². The summed E-state index contributed by atoms with van der Waals surface area (Å²) in [7, 11) is 4.77. The van der Waals surface area contributed by atoms with E-state index in [4.69, 9.17) is 24.7 Å². The van der Waals surface area contributed by atoms with Crippen molar-refractivity contribution in [3.63, 3.8) is 0 Å². The monoisotopic (exact) mass is 384 g/mol. The zero-order valence-electron chi connectivity index (χ0n) is 16.4. The van der Waals surface area contributed by atoms with E-state index in [1.165, 1.54) is 0 Å². The maximum Gasteiger partial charge on any atom is 0.181 e. The molecule has 0 spiro atoms. The molecule has 0 radical (unpaired) electrons. The Kier molecular flexibility index (Phi) is 6.00. The predicted octanol–water partition coefficient (Wildman–Crippen LogP) is 2.94. The van der Waals surface area contributed by atoms with Crippen LogP contribution in [0.4, 0.5) is 0 Å². The van der Waals surface area contributed by atoms with Crippen molar-refractivity contribution in [2.24, 2.45) is 5.73 Å². The highest BCUT2D eigenvalue weighted by Gasteiger charge is 2.18. The van der Waals surface area contributed by atoms with Crippen LogP contribution in [0.3, 0.4) is 0 Å². The van der Waals surface area contributed by atoms with E-state index >= 15 is 0 Å². The molecule has 0 aliphatic carbocycles. The summed E-state index contributed by atoms with van der Waals surface area (Å²) in [5, 5.41) is 7.22. The second-order valence-electron chi connectivity index (χ2n) is 5.94. The highest BCUT2D eigenvalue weighted by Crippen LogP contribution is 2.33. The number of rotatable bonds is 8. The van der Waals surface area contributed by atoms with Crippen LogP contribution in [0.25, 0.3) is 11.4 Å². The molecule has 8 heteroatoms. The summed E-state index contributed by atoms with van der Waals surface area (Å²) in [6, 6.07) is 10.5. The van der Waals surface area contributed by atoms with Crippen molar-refractivity contribution in [3.8, 4) is 34.4 Å². The molecular formula is C20H24N4O4. The van der Waals surface area contributed by atoms with Gasteiger partial charge in [0.25, 0.3) is 0 Å². The maximum absolute atomic E-state index is 6.37. The Balaban J connectivity index is 1.88. The van der Waals surface area contributed by atoms with Crippen molar-refractivity contribution in [2.75, 3.05) is 27.9 Å². The SMILES string of the molecule is CCOc1cc(-c2n[nH]c(C(N)c3ccc(OC)c(OC)c3)n2)ccc1OC. The number of hydrogen-bond donors (Lipinski definition) is 2. The largest absolute Gasteiger partial charge is 0.493 e. The van der Waals surface area contributed by atoms with Crippen molar-refractivity contribution in [1.82, 2.24) is 15.2 Å². The Morgan fingerprint density at radius 2 is 1.61 bits per heavy atom. The number of H-pyrrole nitrogens is 1. The van der Waals surface area contributed by atoms with Gasteiger partial charge in [0, 0.05) is 5.56 Å². The van der Waals surface area contributed by atoms with Gasteiger partial charge in [-0.15, -0.1) is 0 Å². The number of methoxy groups -OCH3 is 3. The van der Waals surface area contributed by atoms with Crippen molar-refractivity contribution in [2.45, 2.75) is 13.0 Å². The molecule has 0 saturated carbocycles. The van der Waals surface area contributed by atoms with Gasteiger partial charge in [0.2, 0.25) is 0 Å². The highest BCUT2D eigenvalue weighted by molar-refractivity contribution is 5.61. The lowest BCUT2D eigenvalue weighted by molar-refractivity contribution is 0.311. The van der Waals surface area contributed by atoms with Crippen LogP contribution in [-0.4, -0.2) is 43.1 Å². The summed E-state index contributed by atoms with van der Waals surface area (Å²) in [6.45, 7) is 2.45. The van der Waals surface area contributed by atoms with Gasteiger partial charge in [-0.3, -0.25) is 5.10 Å². The van der Waals surface area contributed by atoms with Gasteiger partial charge in [0.1, 0.15) is 5.82 Å². The van der Waals surface area contributed by atoms with Crippen LogP contribution in [-0.2, 0) is 0 Å². The van der Waals surface area contributed by atoms with Crippen molar-refractivity contribution >= 4 is 0 Å². The number of aromatic nitrogens is 3. The first kappa shape index (κ1) is 19.5. The van der Waals surface area contributed by atoms with Crippen LogP contribution in [0.5, 0.6) is 23.0 Å². The zero-order chi connectivity index (χ0) is 20.1. The number of benzene rings is 2. The van der Waals surface area contributed by atoms with Crippen molar-refractivity contribution in [3.05, 3.63) is 47.8 Å². The summed E-state index contributed by atoms with van der Waals surface area (Å²) in [5.41, 5.74) is 7.99. The van der Waals surface area contributed by atoms with E-state index in [9.17, 15) is 0 Å². The Morgan fingerprint density at radius 1 is 0.929 bits per heavy atom. The van der Waals surface area contributed by atoms with Gasteiger partial charge in [-0.2, -0.15) is 5.10 Å². The van der Waals surface area contributed by atoms with Crippen LogP contribution in [0.1, 0.15) is 24.4 Å². The molecule has 1 atom stereocenters. The average Bonchev–Trinajstić information content (AvgIpc) is 3.23. The van der Waals surface area contributed by atoms with Crippen LogP contribution >= 0.6 is 0 Å². The second-order valence-corrected chi connectivity index (χ2v) is 5.94. The van der Waals surface area contributed by atoms with E-state index in [2.05, 4.69) is 15.2 Å². The molecule has 0 amide bonds. The minimum absolute atomic E-state index is 0.495. The van der Waals surface area contributed by atoms with E-state index in [0.29, 0.717) is 41.3 Å². The number of aromatic amines is 1. The lowest BCUT2D eigenvalue weighted by atomic mass is 10.1. The predicted molar refractivity (Wildman–Crippen MR) is 105 cm³/mol. The van der Waals surface area contributed by atoms with E-state index in [1.807, 2.05) is 43.3 Å². The summed E-state index contributed by atoms with van der Waals surface area (Å²) in [4.78, 5) is 4.55. The van der Waals surface area contributed by atoms with Gasteiger partial charge in [0.05, 0.1) is 34.0 Å². The lowest BCUT2D eigenvalue weighted by Crippen LogP contribution is -2.14. The van der Waals surface area contributed by atoms with Crippen LogP contribution in [0, 0.1) is 0 Å². The van der Waals surface area contributed by atoms with Gasteiger partial charge in [-0.1, -0.05) is 6.07 Å². The normalized spacial score (nSPS) is 11.8. The van der Waals surface area contributed by atoms with Gasteiger partial charge < -0.3 is 24.7 Å². The third-order valence-electron chi connectivity index (χ3n) is 4.29. The molecule has 3 N–H and O–H groups in total. The molecule has 2 aromatic carbocycles. The minimum Gasteiger partial charge on any atom is -0.493 e. The van der Waals surface area contributed by atoms with E-state index in [0.717, 1.165) is 11.1 Å². The molecule has 0 fully saturated rings. The van der Waals surface area contributed by atoms with Gasteiger partial charge in [-0.05, 0) is 42.8 Å². The fraction of sp³-hybridized carbons (Fsp3) is 0.300. The summed E-state index contributed by atoms with van der Waals surface area (Å²) < 4.78 is 21.5. The topological polar surface area (TPSA) is 105 Å². The average molecular weight is 384 g/mol. The zero-order valence-corrected chi connectivity index (χ0v) is 16.4. The first-order valence-electron chi connectivity index (χ1n) is 8.82. The van der Waals surface area contributed by atoms with Crippen LogP contribution in [0.15, 0.2) is 36.4 Å². The minimum atomic E-state index is -0.495. The Bertz CT molecular complexity index is 942. The number of nitrogens with one attached hydrogen (secondary N) is 1. The molecule has 0 aliphatic heterocycles. The Hall–Kier alpha value is -3.26. The van der Waals surface area contributed by atoms with Crippen molar-refractivity contribution in [1.29, 1.82) is 0 Å². The molecule has 0 aliphatic rings. The summed E-state index contributed by atoms with van der Waals surface area (Å²) in [6.07, 6.45) is 0.